The predicted octanol–water partition coefficient (Wildman–Crippen LogP) is 7.05. The number of benzene rings is 2. The molecule has 0 aromatic heterocycles. The molecule has 42 heavy (non-hydrogen) atoms. The number of aryl methyl sites for hydroxylation is 2. The van der Waals surface area contributed by atoms with Crippen LogP contribution in [-0.4, -0.2) is 47.0 Å². The van der Waals surface area contributed by atoms with Gasteiger partial charge in [-0.3, -0.25) is 9.59 Å². The molecule has 0 aliphatic rings. The highest BCUT2D eigenvalue weighted by Crippen LogP contribution is 2.30. The summed E-state index contributed by atoms with van der Waals surface area (Å²) >= 11 is 0. The maximum atomic E-state index is 14.7. The van der Waals surface area contributed by atoms with E-state index in [-0.39, 0.29) is 24.3 Å². The lowest BCUT2D eigenvalue weighted by Crippen LogP contribution is -2.56. The average molecular weight is 580 g/mol. The van der Waals surface area contributed by atoms with Gasteiger partial charge >= 0.3 is 6.09 Å². The van der Waals surface area contributed by atoms with Crippen LogP contribution in [0.25, 0.3) is 0 Å². The van der Waals surface area contributed by atoms with Gasteiger partial charge in [0, 0.05) is 19.0 Å². The summed E-state index contributed by atoms with van der Waals surface area (Å²) in [7, 11) is 0. The quantitative estimate of drug-likeness (QED) is 0.235. The molecule has 0 radical (unpaired) electrons. The lowest BCUT2D eigenvalue weighted by Gasteiger charge is -2.39. The molecule has 0 aliphatic heterocycles. The Morgan fingerprint density at radius 3 is 2.19 bits per heavy atom. The Bertz CT molecular complexity index is 1160. The normalized spacial score (nSPS) is 13.7. The van der Waals surface area contributed by atoms with Crippen molar-refractivity contribution < 1.29 is 19.1 Å². The van der Waals surface area contributed by atoms with E-state index in [1.54, 1.807) is 25.7 Å². The molecule has 232 valence electrons. The second kappa shape index (κ2) is 16.3. The minimum Gasteiger partial charge on any atom is -0.444 e. The smallest absolute Gasteiger partial charge is 0.408 e. The number of hydrogen-bond acceptors (Lipinski definition) is 4. The molecule has 0 spiro atoms. The first-order valence-electron chi connectivity index (χ1n) is 15.4. The van der Waals surface area contributed by atoms with Gasteiger partial charge in [-0.1, -0.05) is 81.3 Å². The largest absolute Gasteiger partial charge is 0.444 e. The second-order valence-corrected chi connectivity index (χ2v) is 12.9. The number of nitrogens with one attached hydrogen (secondary N) is 2. The summed E-state index contributed by atoms with van der Waals surface area (Å²) in [6, 6.07) is 13.5. The highest BCUT2D eigenvalue weighted by molar-refractivity contribution is 5.92. The van der Waals surface area contributed by atoms with Crippen molar-refractivity contribution in [1.29, 1.82) is 0 Å². The standard InChI is InChI=1S/C35H53N3O4/c1-10-11-21-36-32(39)31(29-20-18-25(4)22-26(29)5)38(27(6)19-17-24(2)3)33(40)30(23-28-15-13-12-14-16-28)37-34(41)42-35(7,8)9/h12-16,18,20,22,24,27,30-31H,10-11,17,19,21,23H2,1-9H3,(H,36,39)(H,37,41). The van der Waals surface area contributed by atoms with E-state index in [4.69, 9.17) is 4.74 Å². The van der Waals surface area contributed by atoms with Gasteiger partial charge in [-0.2, -0.15) is 0 Å². The van der Waals surface area contributed by atoms with Crippen molar-refractivity contribution in [2.24, 2.45) is 5.92 Å². The Balaban J connectivity index is 2.65. The third-order valence-corrected chi connectivity index (χ3v) is 7.24. The van der Waals surface area contributed by atoms with Crippen molar-refractivity contribution in [2.45, 2.75) is 118 Å². The first-order valence-corrected chi connectivity index (χ1v) is 15.4. The van der Waals surface area contributed by atoms with Crippen molar-refractivity contribution in [3.8, 4) is 0 Å². The summed E-state index contributed by atoms with van der Waals surface area (Å²) in [6.45, 7) is 18.3. The van der Waals surface area contributed by atoms with Crippen LogP contribution < -0.4 is 10.6 Å². The number of rotatable bonds is 14. The fourth-order valence-corrected chi connectivity index (χ4v) is 5.03. The van der Waals surface area contributed by atoms with Gasteiger partial charge in [0.1, 0.15) is 17.7 Å². The molecule has 0 bridgehead atoms. The second-order valence-electron chi connectivity index (χ2n) is 12.9. The van der Waals surface area contributed by atoms with Crippen LogP contribution in [0.2, 0.25) is 0 Å². The maximum Gasteiger partial charge on any atom is 0.408 e. The van der Waals surface area contributed by atoms with Gasteiger partial charge in [0.25, 0.3) is 0 Å². The van der Waals surface area contributed by atoms with Gasteiger partial charge in [0.05, 0.1) is 0 Å². The molecular weight excluding hydrogens is 526 g/mol. The first kappa shape index (κ1) is 34.8. The highest BCUT2D eigenvalue weighted by Gasteiger charge is 2.39. The van der Waals surface area contributed by atoms with Crippen molar-refractivity contribution in [3.63, 3.8) is 0 Å². The van der Waals surface area contributed by atoms with Crippen LogP contribution >= 0.6 is 0 Å². The highest BCUT2D eigenvalue weighted by atomic mass is 16.6. The molecule has 2 rings (SSSR count). The van der Waals surface area contributed by atoms with E-state index in [2.05, 4.69) is 31.4 Å². The minimum absolute atomic E-state index is 0.212. The first-order chi connectivity index (χ1) is 19.7. The van der Waals surface area contributed by atoms with Crippen LogP contribution in [0, 0.1) is 19.8 Å². The molecule has 2 N–H and O–H groups in total. The van der Waals surface area contributed by atoms with Crippen LogP contribution in [0.4, 0.5) is 4.79 Å². The summed E-state index contributed by atoms with van der Waals surface area (Å²) < 4.78 is 5.57. The zero-order valence-electron chi connectivity index (χ0n) is 27.3. The van der Waals surface area contributed by atoms with Crippen LogP contribution in [-0.2, 0) is 20.7 Å². The molecule has 0 heterocycles. The van der Waals surface area contributed by atoms with Gasteiger partial charge in [0.2, 0.25) is 11.8 Å². The fourth-order valence-electron chi connectivity index (χ4n) is 5.03. The van der Waals surface area contributed by atoms with E-state index in [1.807, 2.05) is 69.3 Å². The Labute approximate surface area is 253 Å². The van der Waals surface area contributed by atoms with E-state index in [0.29, 0.717) is 12.5 Å². The molecule has 2 aromatic carbocycles. The molecule has 0 saturated carbocycles. The SMILES string of the molecule is CCCCNC(=O)C(c1ccc(C)cc1C)N(C(=O)C(Cc1ccccc1)NC(=O)OC(C)(C)C)C(C)CCC(C)C. The van der Waals surface area contributed by atoms with Crippen molar-refractivity contribution in [3.05, 3.63) is 70.8 Å². The number of hydrogen-bond donors (Lipinski definition) is 2. The third kappa shape index (κ3) is 11.1. The van der Waals surface area contributed by atoms with Gasteiger partial charge in [-0.25, -0.2) is 4.79 Å². The van der Waals surface area contributed by atoms with E-state index in [0.717, 1.165) is 47.9 Å². The zero-order valence-corrected chi connectivity index (χ0v) is 27.3. The van der Waals surface area contributed by atoms with E-state index in [1.165, 1.54) is 0 Å². The topological polar surface area (TPSA) is 87.7 Å². The minimum atomic E-state index is -0.930. The number of alkyl carbamates (subject to hydrolysis) is 1. The number of ether oxygens (including phenoxy) is 1. The number of nitrogens with zero attached hydrogens (tertiary/aromatic N) is 1. The summed E-state index contributed by atoms with van der Waals surface area (Å²) in [5, 5.41) is 5.95. The summed E-state index contributed by atoms with van der Waals surface area (Å²) in [5.41, 5.74) is 2.99. The number of amides is 3. The summed E-state index contributed by atoms with van der Waals surface area (Å²) in [6.07, 6.45) is 3.01. The Hall–Kier alpha value is -3.35. The maximum absolute atomic E-state index is 14.7. The average Bonchev–Trinajstić information content (AvgIpc) is 2.89. The van der Waals surface area contributed by atoms with E-state index in [9.17, 15) is 14.4 Å². The molecule has 3 atom stereocenters. The Kier molecular flexibility index (Phi) is 13.5. The molecule has 2 aromatic rings. The van der Waals surface area contributed by atoms with E-state index >= 15 is 0 Å². The molecule has 3 unspecified atom stereocenters. The monoisotopic (exact) mass is 579 g/mol. The molecule has 0 fully saturated rings. The molecule has 0 saturated heterocycles. The van der Waals surface area contributed by atoms with E-state index < -0.39 is 23.8 Å². The van der Waals surface area contributed by atoms with Gasteiger partial charge in [-0.05, 0) is 83.4 Å². The molecule has 0 aliphatic carbocycles. The number of carbonyl (C=O) groups excluding carboxylic acids is 3. The van der Waals surface area contributed by atoms with Crippen molar-refractivity contribution >= 4 is 17.9 Å². The van der Waals surface area contributed by atoms with Crippen LogP contribution in [0.1, 0.15) is 102 Å². The lowest BCUT2D eigenvalue weighted by molar-refractivity contribution is -0.145. The predicted molar refractivity (Wildman–Crippen MR) is 170 cm³/mol. The van der Waals surface area contributed by atoms with Crippen LogP contribution in [0.5, 0.6) is 0 Å². The number of unbranched alkanes of at least 4 members (excludes halogenated alkanes) is 1. The van der Waals surface area contributed by atoms with Gasteiger partial charge in [0.15, 0.2) is 0 Å². The third-order valence-electron chi connectivity index (χ3n) is 7.24. The molecule has 3 amide bonds. The zero-order chi connectivity index (χ0) is 31.4. The van der Waals surface area contributed by atoms with Gasteiger partial charge < -0.3 is 20.3 Å². The number of carbonyl (C=O) groups is 3. The lowest BCUT2D eigenvalue weighted by atomic mass is 9.93. The van der Waals surface area contributed by atoms with Gasteiger partial charge in [-0.15, -0.1) is 0 Å². The molecule has 7 heteroatoms. The summed E-state index contributed by atoms with van der Waals surface area (Å²) in [5.74, 6) is -0.0881. The Morgan fingerprint density at radius 2 is 1.62 bits per heavy atom. The molecular formula is C35H53N3O4. The molecule has 7 nitrogen and oxygen atoms in total. The van der Waals surface area contributed by atoms with Crippen LogP contribution in [0.3, 0.4) is 0 Å². The Morgan fingerprint density at radius 1 is 0.952 bits per heavy atom. The summed E-state index contributed by atoms with van der Waals surface area (Å²) in [4.78, 5) is 43.5. The van der Waals surface area contributed by atoms with Crippen molar-refractivity contribution in [1.82, 2.24) is 15.5 Å². The van der Waals surface area contributed by atoms with Crippen LogP contribution in [0.15, 0.2) is 48.5 Å². The fraction of sp³-hybridized carbons (Fsp3) is 0.571. The van der Waals surface area contributed by atoms with Crippen molar-refractivity contribution in [2.75, 3.05) is 6.54 Å².